The highest BCUT2D eigenvalue weighted by Gasteiger charge is 2.32. The second-order valence-electron chi connectivity index (χ2n) is 5.73. The lowest BCUT2D eigenvalue weighted by Crippen LogP contribution is -2.33. The summed E-state index contributed by atoms with van der Waals surface area (Å²) >= 11 is 0. The highest BCUT2D eigenvalue weighted by Crippen LogP contribution is 2.36. The second kappa shape index (κ2) is 5.06. The number of hydrogen-bond donors (Lipinski definition) is 2. The van der Waals surface area contributed by atoms with E-state index in [1.54, 1.807) is 10.9 Å². The van der Waals surface area contributed by atoms with Crippen molar-refractivity contribution in [2.75, 3.05) is 6.54 Å². The molecule has 0 bridgehead atoms. The lowest BCUT2D eigenvalue weighted by atomic mass is 9.92. The number of carbonyl (C=O) groups is 1. The fraction of sp³-hybridized carbons (Fsp3) is 0.750. The van der Waals surface area contributed by atoms with Crippen LogP contribution in [0.5, 0.6) is 0 Å². The third-order valence-electron chi connectivity index (χ3n) is 3.43. The first-order valence-corrected chi connectivity index (χ1v) is 6.41. The summed E-state index contributed by atoms with van der Waals surface area (Å²) < 4.78 is 1.59. The molecule has 1 saturated carbocycles. The molecule has 1 aliphatic rings. The molecule has 0 saturated heterocycles. The Morgan fingerprint density at radius 2 is 2.44 bits per heavy atom. The summed E-state index contributed by atoms with van der Waals surface area (Å²) in [6.45, 7) is 5.53. The van der Waals surface area contributed by atoms with Gasteiger partial charge in [-0.15, -0.1) is 5.10 Å². The molecule has 3 N–H and O–H groups in total. The van der Waals surface area contributed by atoms with Gasteiger partial charge in [0.1, 0.15) is 0 Å². The Morgan fingerprint density at radius 1 is 1.67 bits per heavy atom. The molecule has 0 spiro atoms. The van der Waals surface area contributed by atoms with E-state index in [-0.39, 0.29) is 11.9 Å². The zero-order valence-electron chi connectivity index (χ0n) is 11.0. The molecule has 1 unspecified atom stereocenters. The highest BCUT2D eigenvalue weighted by atomic mass is 16.2. The molecule has 1 amide bonds. The lowest BCUT2D eigenvalue weighted by Gasteiger charge is -2.17. The number of hydrogen-bond acceptors (Lipinski definition) is 4. The molecule has 1 atom stereocenters. The Morgan fingerprint density at radius 3 is 3.06 bits per heavy atom. The van der Waals surface area contributed by atoms with E-state index < -0.39 is 0 Å². The maximum absolute atomic E-state index is 12.0. The minimum Gasteiger partial charge on any atom is -0.348 e. The summed E-state index contributed by atoms with van der Waals surface area (Å²) in [7, 11) is 0. The molecule has 6 nitrogen and oxygen atoms in total. The van der Waals surface area contributed by atoms with E-state index in [0.717, 1.165) is 19.3 Å². The fourth-order valence-corrected chi connectivity index (χ4v) is 2.46. The lowest BCUT2D eigenvalue weighted by molar-refractivity contribution is 0.0931. The number of amides is 1. The van der Waals surface area contributed by atoms with Crippen LogP contribution in [0, 0.1) is 5.41 Å². The van der Waals surface area contributed by atoms with Crippen LogP contribution in [-0.2, 0) is 6.54 Å². The van der Waals surface area contributed by atoms with Crippen molar-refractivity contribution in [3.8, 4) is 0 Å². The topological polar surface area (TPSA) is 85.8 Å². The average molecular weight is 251 g/mol. The van der Waals surface area contributed by atoms with Gasteiger partial charge in [0, 0.05) is 12.6 Å². The summed E-state index contributed by atoms with van der Waals surface area (Å²) in [4.78, 5) is 12.0. The van der Waals surface area contributed by atoms with E-state index in [2.05, 4.69) is 29.5 Å². The zero-order chi connectivity index (χ0) is 13.2. The number of nitrogens with zero attached hydrogens (tertiary/aromatic N) is 3. The Balaban J connectivity index is 1.91. The number of rotatable bonds is 4. The molecule has 1 aromatic heterocycles. The van der Waals surface area contributed by atoms with Gasteiger partial charge in [-0.25, -0.2) is 0 Å². The quantitative estimate of drug-likeness (QED) is 0.818. The van der Waals surface area contributed by atoms with E-state index >= 15 is 0 Å². The van der Waals surface area contributed by atoms with Gasteiger partial charge in [-0.05, 0) is 24.7 Å². The van der Waals surface area contributed by atoms with Crippen LogP contribution in [0.3, 0.4) is 0 Å². The van der Waals surface area contributed by atoms with Gasteiger partial charge in [0.05, 0.1) is 12.7 Å². The number of carbonyl (C=O) groups excluding carboxylic acids is 1. The maximum atomic E-state index is 12.0. The molecular formula is C12H21N5O. The molecule has 0 radical (unpaired) electrons. The van der Waals surface area contributed by atoms with Crippen molar-refractivity contribution < 1.29 is 4.79 Å². The Hall–Kier alpha value is -1.43. The maximum Gasteiger partial charge on any atom is 0.273 e. The van der Waals surface area contributed by atoms with Crippen LogP contribution >= 0.6 is 0 Å². The fourth-order valence-electron chi connectivity index (χ4n) is 2.46. The van der Waals surface area contributed by atoms with Crippen LogP contribution < -0.4 is 11.1 Å². The monoisotopic (exact) mass is 251 g/mol. The number of aromatic nitrogens is 3. The van der Waals surface area contributed by atoms with Gasteiger partial charge in [0.2, 0.25) is 0 Å². The van der Waals surface area contributed by atoms with Crippen molar-refractivity contribution in [1.82, 2.24) is 20.3 Å². The molecule has 100 valence electrons. The molecular weight excluding hydrogens is 230 g/mol. The third-order valence-corrected chi connectivity index (χ3v) is 3.43. The first kappa shape index (κ1) is 13.0. The van der Waals surface area contributed by atoms with Crippen LogP contribution in [0.4, 0.5) is 0 Å². The molecule has 1 aliphatic carbocycles. The molecule has 0 aromatic carbocycles. The van der Waals surface area contributed by atoms with Crippen molar-refractivity contribution in [3.05, 3.63) is 11.9 Å². The van der Waals surface area contributed by atoms with Gasteiger partial charge in [-0.1, -0.05) is 19.1 Å². The standard InChI is InChI=1S/C12H21N5O/c1-12(2)4-3-9(7-12)14-11(18)10-8-17(6-5-13)16-15-10/h8-9H,3-7,13H2,1-2H3,(H,14,18). The van der Waals surface area contributed by atoms with Crippen LogP contribution in [-0.4, -0.2) is 33.5 Å². The van der Waals surface area contributed by atoms with Gasteiger partial charge < -0.3 is 11.1 Å². The first-order chi connectivity index (χ1) is 8.50. The smallest absolute Gasteiger partial charge is 0.273 e. The number of nitrogens with one attached hydrogen (secondary N) is 1. The molecule has 18 heavy (non-hydrogen) atoms. The average Bonchev–Trinajstić information content (AvgIpc) is 2.86. The Kier molecular flexibility index (Phi) is 3.65. The van der Waals surface area contributed by atoms with Crippen LogP contribution in [0.15, 0.2) is 6.20 Å². The molecule has 0 aliphatic heterocycles. The van der Waals surface area contributed by atoms with Gasteiger partial charge >= 0.3 is 0 Å². The summed E-state index contributed by atoms with van der Waals surface area (Å²) in [5, 5.41) is 10.7. The first-order valence-electron chi connectivity index (χ1n) is 6.41. The summed E-state index contributed by atoms with van der Waals surface area (Å²) in [6, 6.07) is 0.257. The second-order valence-corrected chi connectivity index (χ2v) is 5.73. The normalized spacial score (nSPS) is 22.1. The Bertz CT molecular complexity index is 426. The molecule has 1 fully saturated rings. The Labute approximate surface area is 107 Å². The van der Waals surface area contributed by atoms with Crippen LogP contribution in [0.25, 0.3) is 0 Å². The van der Waals surface area contributed by atoms with E-state index in [9.17, 15) is 4.79 Å². The van der Waals surface area contributed by atoms with E-state index in [1.807, 2.05) is 0 Å². The van der Waals surface area contributed by atoms with E-state index in [1.165, 1.54) is 0 Å². The summed E-state index contributed by atoms with van der Waals surface area (Å²) in [5.41, 5.74) is 6.12. The van der Waals surface area contributed by atoms with Crippen molar-refractivity contribution in [2.24, 2.45) is 11.1 Å². The minimum absolute atomic E-state index is 0.138. The van der Waals surface area contributed by atoms with Crippen LogP contribution in [0.2, 0.25) is 0 Å². The van der Waals surface area contributed by atoms with Crippen molar-refractivity contribution in [3.63, 3.8) is 0 Å². The van der Waals surface area contributed by atoms with E-state index in [4.69, 9.17) is 5.73 Å². The SMILES string of the molecule is CC1(C)CCC(NC(=O)c2cn(CCN)nn2)C1. The molecule has 1 aromatic rings. The molecule has 1 heterocycles. The predicted molar refractivity (Wildman–Crippen MR) is 68.0 cm³/mol. The minimum atomic E-state index is -0.138. The highest BCUT2D eigenvalue weighted by molar-refractivity contribution is 5.92. The zero-order valence-corrected chi connectivity index (χ0v) is 11.0. The summed E-state index contributed by atoms with van der Waals surface area (Å²) in [6.07, 6.45) is 4.85. The van der Waals surface area contributed by atoms with Crippen molar-refractivity contribution in [1.29, 1.82) is 0 Å². The predicted octanol–water partition coefficient (Wildman–Crippen LogP) is 0.545. The third kappa shape index (κ3) is 3.07. The van der Waals surface area contributed by atoms with E-state index in [0.29, 0.717) is 24.2 Å². The van der Waals surface area contributed by atoms with Gasteiger partial charge in [0.25, 0.3) is 5.91 Å². The van der Waals surface area contributed by atoms with Gasteiger partial charge in [-0.2, -0.15) is 0 Å². The van der Waals surface area contributed by atoms with Crippen molar-refractivity contribution in [2.45, 2.75) is 45.7 Å². The summed E-state index contributed by atoms with van der Waals surface area (Å²) in [5.74, 6) is -0.138. The van der Waals surface area contributed by atoms with Gasteiger partial charge in [0.15, 0.2) is 5.69 Å². The van der Waals surface area contributed by atoms with Crippen LogP contribution in [0.1, 0.15) is 43.6 Å². The largest absolute Gasteiger partial charge is 0.348 e. The molecule has 6 heteroatoms. The number of nitrogens with two attached hydrogens (primary N) is 1. The van der Waals surface area contributed by atoms with Gasteiger partial charge in [-0.3, -0.25) is 9.48 Å². The molecule has 2 rings (SSSR count). The van der Waals surface area contributed by atoms with Crippen molar-refractivity contribution >= 4 is 5.91 Å².